The lowest BCUT2D eigenvalue weighted by molar-refractivity contribution is 0.183. The lowest BCUT2D eigenvalue weighted by Crippen LogP contribution is -2.07. The van der Waals surface area contributed by atoms with Crippen molar-refractivity contribution in [1.29, 1.82) is 0 Å². The normalized spacial score (nSPS) is 12.5. The second-order valence-corrected chi connectivity index (χ2v) is 4.50. The number of rotatable bonds is 6. The zero-order valence-corrected chi connectivity index (χ0v) is 11.4. The van der Waals surface area contributed by atoms with Gasteiger partial charge in [-0.3, -0.25) is 0 Å². The van der Waals surface area contributed by atoms with Gasteiger partial charge in [0.2, 0.25) is 0 Å². The average Bonchev–Trinajstić information content (AvgIpc) is 2.31. The van der Waals surface area contributed by atoms with Crippen molar-refractivity contribution in [1.82, 2.24) is 0 Å². The van der Waals surface area contributed by atoms with Crippen molar-refractivity contribution < 1.29 is 9.47 Å². The maximum absolute atomic E-state index is 6.15. The Labute approximate surface area is 108 Å². The van der Waals surface area contributed by atoms with Crippen molar-refractivity contribution in [3.8, 4) is 5.75 Å². The van der Waals surface area contributed by atoms with Gasteiger partial charge < -0.3 is 15.2 Å². The van der Waals surface area contributed by atoms with E-state index in [9.17, 15) is 0 Å². The minimum Gasteiger partial charge on any atom is -0.495 e. The summed E-state index contributed by atoms with van der Waals surface area (Å²) in [5, 5.41) is 0.631. The molecule has 0 saturated heterocycles. The van der Waals surface area contributed by atoms with Crippen LogP contribution in [-0.2, 0) is 11.3 Å². The number of halogens is 1. The molecule has 1 rings (SSSR count). The molecule has 1 unspecified atom stereocenters. The van der Waals surface area contributed by atoms with Crippen molar-refractivity contribution in [2.24, 2.45) is 5.73 Å². The van der Waals surface area contributed by atoms with Gasteiger partial charge in [-0.2, -0.15) is 0 Å². The fraction of sp³-hybridized carbons (Fsp3) is 0.538. The highest BCUT2D eigenvalue weighted by Gasteiger charge is 2.14. The predicted molar refractivity (Wildman–Crippen MR) is 70.8 cm³/mol. The predicted octanol–water partition coefficient (Wildman–Crippen LogP) is 2.95. The standard InChI is InChI=1S/C13H20ClNO2/c1-9(4-5-15)11-7-12(14)13(17-3)6-10(11)8-16-2/h6-7,9H,4-5,8,15H2,1-3H3. The SMILES string of the molecule is COCc1cc(OC)c(Cl)cc1C(C)CCN. The van der Waals surface area contributed by atoms with Gasteiger partial charge >= 0.3 is 0 Å². The Balaban J connectivity index is 3.12. The van der Waals surface area contributed by atoms with Gasteiger partial charge in [0.1, 0.15) is 5.75 Å². The molecule has 2 N–H and O–H groups in total. The van der Waals surface area contributed by atoms with Crippen molar-refractivity contribution in [3.63, 3.8) is 0 Å². The number of nitrogens with two attached hydrogens (primary N) is 1. The minimum absolute atomic E-state index is 0.369. The van der Waals surface area contributed by atoms with Crippen LogP contribution in [0.4, 0.5) is 0 Å². The minimum atomic E-state index is 0.369. The zero-order chi connectivity index (χ0) is 12.8. The molecule has 0 aliphatic carbocycles. The maximum atomic E-state index is 6.15. The lowest BCUT2D eigenvalue weighted by atomic mass is 9.93. The Morgan fingerprint density at radius 2 is 2.06 bits per heavy atom. The highest BCUT2D eigenvalue weighted by molar-refractivity contribution is 6.32. The molecule has 1 atom stereocenters. The van der Waals surface area contributed by atoms with E-state index >= 15 is 0 Å². The van der Waals surface area contributed by atoms with Crippen LogP contribution in [-0.4, -0.2) is 20.8 Å². The van der Waals surface area contributed by atoms with Gasteiger partial charge in [0.25, 0.3) is 0 Å². The van der Waals surface area contributed by atoms with Gasteiger partial charge in [0, 0.05) is 7.11 Å². The molecule has 96 valence electrons. The summed E-state index contributed by atoms with van der Waals surface area (Å²) in [5.41, 5.74) is 7.89. The van der Waals surface area contributed by atoms with E-state index in [0.29, 0.717) is 29.8 Å². The summed E-state index contributed by atoms with van der Waals surface area (Å²) < 4.78 is 10.4. The molecule has 1 aromatic carbocycles. The van der Waals surface area contributed by atoms with Crippen molar-refractivity contribution >= 4 is 11.6 Å². The highest BCUT2D eigenvalue weighted by atomic mass is 35.5. The molecule has 0 aliphatic rings. The van der Waals surface area contributed by atoms with E-state index in [0.717, 1.165) is 12.0 Å². The van der Waals surface area contributed by atoms with E-state index in [1.54, 1.807) is 14.2 Å². The molecule has 0 aliphatic heterocycles. The molecule has 0 bridgehead atoms. The topological polar surface area (TPSA) is 44.5 Å². The molecule has 17 heavy (non-hydrogen) atoms. The van der Waals surface area contributed by atoms with E-state index in [1.807, 2.05) is 12.1 Å². The Kier molecular flexibility index (Phi) is 5.75. The molecule has 0 spiro atoms. The fourth-order valence-electron chi connectivity index (χ4n) is 1.91. The maximum Gasteiger partial charge on any atom is 0.137 e. The van der Waals surface area contributed by atoms with Crippen LogP contribution in [0.1, 0.15) is 30.4 Å². The number of methoxy groups -OCH3 is 2. The van der Waals surface area contributed by atoms with E-state index < -0.39 is 0 Å². The van der Waals surface area contributed by atoms with Crippen molar-refractivity contribution in [3.05, 3.63) is 28.3 Å². The Bertz CT molecular complexity index is 369. The summed E-state index contributed by atoms with van der Waals surface area (Å²) >= 11 is 6.15. The van der Waals surface area contributed by atoms with Gasteiger partial charge in [-0.15, -0.1) is 0 Å². The first kappa shape index (κ1) is 14.3. The van der Waals surface area contributed by atoms with E-state index in [2.05, 4.69) is 6.92 Å². The first-order chi connectivity index (χ1) is 8.13. The molecule has 1 aromatic rings. The van der Waals surface area contributed by atoms with Crippen LogP contribution < -0.4 is 10.5 Å². The molecule has 0 fully saturated rings. The van der Waals surface area contributed by atoms with Crippen LogP contribution in [0.2, 0.25) is 5.02 Å². The zero-order valence-electron chi connectivity index (χ0n) is 10.6. The third-order valence-corrected chi connectivity index (χ3v) is 3.14. The molecule has 0 saturated carbocycles. The van der Waals surface area contributed by atoms with Gasteiger partial charge in [-0.1, -0.05) is 18.5 Å². The first-order valence-electron chi connectivity index (χ1n) is 5.69. The summed E-state index contributed by atoms with van der Waals surface area (Å²) in [6.45, 7) is 3.36. The van der Waals surface area contributed by atoms with Crippen molar-refractivity contribution in [2.75, 3.05) is 20.8 Å². The third kappa shape index (κ3) is 3.60. The number of hydrogen-bond acceptors (Lipinski definition) is 3. The van der Waals surface area contributed by atoms with E-state index in [4.69, 9.17) is 26.8 Å². The number of hydrogen-bond donors (Lipinski definition) is 1. The molecule has 0 radical (unpaired) electrons. The Morgan fingerprint density at radius 1 is 1.35 bits per heavy atom. The Morgan fingerprint density at radius 3 is 2.59 bits per heavy atom. The number of ether oxygens (including phenoxy) is 2. The molecular weight excluding hydrogens is 238 g/mol. The molecule has 3 nitrogen and oxygen atoms in total. The van der Waals surface area contributed by atoms with Crippen LogP contribution in [0.5, 0.6) is 5.75 Å². The lowest BCUT2D eigenvalue weighted by Gasteiger charge is -2.17. The third-order valence-electron chi connectivity index (χ3n) is 2.84. The molecule has 0 amide bonds. The van der Waals surface area contributed by atoms with Gasteiger partial charge in [-0.05, 0) is 42.1 Å². The highest BCUT2D eigenvalue weighted by Crippen LogP contribution is 2.33. The fourth-order valence-corrected chi connectivity index (χ4v) is 2.16. The number of benzene rings is 1. The van der Waals surface area contributed by atoms with Crippen LogP contribution in [0.15, 0.2) is 12.1 Å². The summed E-state index contributed by atoms with van der Waals surface area (Å²) in [6, 6.07) is 3.89. The largest absolute Gasteiger partial charge is 0.495 e. The van der Waals surface area contributed by atoms with Crippen LogP contribution in [0.3, 0.4) is 0 Å². The summed E-state index contributed by atoms with van der Waals surface area (Å²) in [4.78, 5) is 0. The Hall–Kier alpha value is -0.770. The van der Waals surface area contributed by atoms with Crippen LogP contribution in [0, 0.1) is 0 Å². The van der Waals surface area contributed by atoms with E-state index in [1.165, 1.54) is 5.56 Å². The van der Waals surface area contributed by atoms with Crippen molar-refractivity contribution in [2.45, 2.75) is 25.9 Å². The molecular formula is C13H20ClNO2. The smallest absolute Gasteiger partial charge is 0.137 e. The summed E-state index contributed by atoms with van der Waals surface area (Å²) in [5.74, 6) is 1.05. The molecule has 0 aromatic heterocycles. The molecule has 0 heterocycles. The van der Waals surface area contributed by atoms with Gasteiger partial charge in [0.05, 0.1) is 18.7 Å². The van der Waals surface area contributed by atoms with Gasteiger partial charge in [-0.25, -0.2) is 0 Å². The average molecular weight is 258 g/mol. The second kappa shape index (κ2) is 6.84. The summed E-state index contributed by atoms with van der Waals surface area (Å²) in [6.07, 6.45) is 0.930. The second-order valence-electron chi connectivity index (χ2n) is 4.10. The first-order valence-corrected chi connectivity index (χ1v) is 6.07. The molecule has 4 heteroatoms. The van der Waals surface area contributed by atoms with E-state index in [-0.39, 0.29) is 0 Å². The van der Waals surface area contributed by atoms with Crippen LogP contribution in [0.25, 0.3) is 0 Å². The quantitative estimate of drug-likeness (QED) is 0.852. The summed E-state index contributed by atoms with van der Waals surface area (Å²) in [7, 11) is 3.29. The monoisotopic (exact) mass is 257 g/mol. The van der Waals surface area contributed by atoms with Gasteiger partial charge in [0.15, 0.2) is 0 Å². The van der Waals surface area contributed by atoms with Crippen LogP contribution >= 0.6 is 11.6 Å².